The maximum atomic E-state index is 12.5. The van der Waals surface area contributed by atoms with Crippen molar-refractivity contribution in [3.8, 4) is 11.1 Å². The standard InChI is InChI=1S/C29H24N2O/c1-20-10-12-23(13-11-20)29(32)30-26-9-5-8-22(14-16-26)28-19-25-18-24(15-17-27(25)31-28)21-6-3-2-4-7-21/h2-7,9-19,31H,8H2,1H3,(H,30,32). The van der Waals surface area contributed by atoms with Crippen LogP contribution in [0.25, 0.3) is 27.6 Å². The number of carbonyl (C=O) groups excluding carboxylic acids is 1. The van der Waals surface area contributed by atoms with Crippen LogP contribution in [0.15, 0.2) is 109 Å². The minimum atomic E-state index is -0.100. The maximum absolute atomic E-state index is 12.5. The van der Waals surface area contributed by atoms with Gasteiger partial charge in [0.2, 0.25) is 0 Å². The van der Waals surface area contributed by atoms with Crippen LogP contribution in [0.3, 0.4) is 0 Å². The van der Waals surface area contributed by atoms with Crippen LogP contribution in [0.1, 0.15) is 28.0 Å². The highest BCUT2D eigenvalue weighted by atomic mass is 16.1. The predicted molar refractivity (Wildman–Crippen MR) is 132 cm³/mol. The minimum Gasteiger partial charge on any atom is -0.355 e. The van der Waals surface area contributed by atoms with Gasteiger partial charge in [-0.15, -0.1) is 0 Å². The van der Waals surface area contributed by atoms with Crippen molar-refractivity contribution in [1.29, 1.82) is 0 Å². The molecule has 3 nitrogen and oxygen atoms in total. The van der Waals surface area contributed by atoms with E-state index >= 15 is 0 Å². The van der Waals surface area contributed by atoms with Gasteiger partial charge in [-0.25, -0.2) is 0 Å². The lowest BCUT2D eigenvalue weighted by Gasteiger charge is -2.05. The SMILES string of the molecule is Cc1ccc(C(=O)NC2=CC=C(c3cc4cc(-c5ccccc5)ccc4[nH]3)CC=C2)cc1. The molecule has 5 rings (SSSR count). The smallest absolute Gasteiger partial charge is 0.255 e. The zero-order chi connectivity index (χ0) is 21.9. The quantitative estimate of drug-likeness (QED) is 0.377. The van der Waals surface area contributed by atoms with Gasteiger partial charge >= 0.3 is 0 Å². The molecule has 1 aliphatic rings. The summed E-state index contributed by atoms with van der Waals surface area (Å²) in [6.07, 6.45) is 8.88. The Balaban J connectivity index is 1.38. The fourth-order valence-electron chi connectivity index (χ4n) is 3.93. The molecule has 0 atom stereocenters. The number of H-pyrrole nitrogens is 1. The van der Waals surface area contributed by atoms with Crippen LogP contribution in [-0.4, -0.2) is 10.9 Å². The van der Waals surface area contributed by atoms with E-state index in [1.165, 1.54) is 22.1 Å². The maximum Gasteiger partial charge on any atom is 0.255 e. The molecule has 2 N–H and O–H groups in total. The number of fused-ring (bicyclic) bond motifs is 1. The van der Waals surface area contributed by atoms with Crippen molar-refractivity contribution in [2.45, 2.75) is 13.3 Å². The summed E-state index contributed by atoms with van der Waals surface area (Å²) in [4.78, 5) is 16.1. The number of hydrogen-bond donors (Lipinski definition) is 2. The Labute approximate surface area is 187 Å². The molecule has 1 aliphatic carbocycles. The van der Waals surface area contributed by atoms with Crippen LogP contribution in [-0.2, 0) is 0 Å². The highest BCUT2D eigenvalue weighted by Crippen LogP contribution is 2.29. The first-order chi connectivity index (χ1) is 15.7. The number of aryl methyl sites for hydroxylation is 1. The molecule has 0 saturated heterocycles. The molecule has 1 amide bonds. The lowest BCUT2D eigenvalue weighted by atomic mass is 10.0. The summed E-state index contributed by atoms with van der Waals surface area (Å²) < 4.78 is 0. The topological polar surface area (TPSA) is 44.9 Å². The van der Waals surface area contributed by atoms with Gasteiger partial charge in [0.1, 0.15) is 0 Å². The fourth-order valence-corrected chi connectivity index (χ4v) is 3.93. The molecule has 1 heterocycles. The molecule has 0 aliphatic heterocycles. The number of amides is 1. The first kappa shape index (κ1) is 19.8. The van der Waals surface area contributed by atoms with Gasteiger partial charge in [0.15, 0.2) is 0 Å². The van der Waals surface area contributed by atoms with Crippen LogP contribution in [0, 0.1) is 6.92 Å². The van der Waals surface area contributed by atoms with Gasteiger partial charge in [0, 0.05) is 27.9 Å². The summed E-state index contributed by atoms with van der Waals surface area (Å²) >= 11 is 0. The van der Waals surface area contributed by atoms with Crippen LogP contribution in [0.2, 0.25) is 0 Å². The van der Waals surface area contributed by atoms with Crippen molar-refractivity contribution in [3.05, 3.63) is 126 Å². The van der Waals surface area contributed by atoms with Crippen LogP contribution >= 0.6 is 0 Å². The average molecular weight is 417 g/mol. The summed E-state index contributed by atoms with van der Waals surface area (Å²) in [7, 11) is 0. The molecular weight excluding hydrogens is 392 g/mol. The summed E-state index contributed by atoms with van der Waals surface area (Å²) in [6, 6.07) is 26.7. The average Bonchev–Trinajstić information content (AvgIpc) is 3.11. The van der Waals surface area contributed by atoms with Crippen molar-refractivity contribution >= 4 is 22.4 Å². The van der Waals surface area contributed by atoms with E-state index in [9.17, 15) is 4.79 Å². The van der Waals surface area contributed by atoms with Crippen LogP contribution in [0.5, 0.6) is 0 Å². The highest BCUT2D eigenvalue weighted by Gasteiger charge is 2.10. The van der Waals surface area contributed by atoms with E-state index in [2.05, 4.69) is 71.0 Å². The molecule has 3 aromatic carbocycles. The Bertz CT molecular complexity index is 1370. The van der Waals surface area contributed by atoms with Crippen molar-refractivity contribution in [2.75, 3.05) is 0 Å². The summed E-state index contributed by atoms with van der Waals surface area (Å²) in [6.45, 7) is 2.01. The Hall–Kier alpha value is -4.11. The largest absolute Gasteiger partial charge is 0.355 e. The Morgan fingerprint density at radius 1 is 0.875 bits per heavy atom. The van der Waals surface area contributed by atoms with Crippen molar-refractivity contribution in [1.82, 2.24) is 10.3 Å². The van der Waals surface area contributed by atoms with Crippen LogP contribution in [0.4, 0.5) is 0 Å². The van der Waals surface area contributed by atoms with E-state index in [4.69, 9.17) is 0 Å². The molecule has 156 valence electrons. The van der Waals surface area contributed by atoms with Gasteiger partial charge in [-0.1, -0.05) is 66.2 Å². The van der Waals surface area contributed by atoms with Gasteiger partial charge in [0.05, 0.1) is 0 Å². The molecule has 4 aromatic rings. The molecule has 3 heteroatoms. The lowest BCUT2D eigenvalue weighted by Crippen LogP contribution is -2.21. The third-order valence-corrected chi connectivity index (χ3v) is 5.74. The van der Waals surface area contributed by atoms with E-state index in [1.54, 1.807) is 0 Å². The first-order valence-electron chi connectivity index (χ1n) is 10.8. The molecule has 0 unspecified atom stereocenters. The summed E-state index contributed by atoms with van der Waals surface area (Å²) in [5.74, 6) is -0.100. The molecule has 0 fully saturated rings. The lowest BCUT2D eigenvalue weighted by molar-refractivity contribution is 0.0967. The van der Waals surface area contributed by atoms with Gasteiger partial charge in [-0.05, 0) is 72.5 Å². The van der Waals surface area contributed by atoms with E-state index in [0.717, 1.165) is 28.9 Å². The zero-order valence-electron chi connectivity index (χ0n) is 17.9. The highest BCUT2D eigenvalue weighted by molar-refractivity contribution is 5.95. The first-order valence-corrected chi connectivity index (χ1v) is 10.8. The monoisotopic (exact) mass is 416 g/mol. The number of aromatic amines is 1. The van der Waals surface area contributed by atoms with Crippen molar-refractivity contribution in [3.63, 3.8) is 0 Å². The Morgan fingerprint density at radius 2 is 1.69 bits per heavy atom. The second-order valence-corrected chi connectivity index (χ2v) is 8.09. The zero-order valence-corrected chi connectivity index (χ0v) is 17.9. The van der Waals surface area contributed by atoms with Gasteiger partial charge in [-0.2, -0.15) is 0 Å². The van der Waals surface area contributed by atoms with E-state index in [0.29, 0.717) is 5.56 Å². The predicted octanol–water partition coefficient (Wildman–Crippen LogP) is 6.80. The molecule has 1 aromatic heterocycles. The number of allylic oxidation sites excluding steroid dienone is 5. The molecule has 32 heavy (non-hydrogen) atoms. The molecule has 0 radical (unpaired) electrons. The number of benzene rings is 3. The normalized spacial score (nSPS) is 13.4. The number of hydrogen-bond acceptors (Lipinski definition) is 1. The van der Waals surface area contributed by atoms with E-state index < -0.39 is 0 Å². The third-order valence-electron chi connectivity index (χ3n) is 5.74. The minimum absolute atomic E-state index is 0.100. The number of carbonyl (C=O) groups is 1. The summed E-state index contributed by atoms with van der Waals surface area (Å²) in [5, 5.41) is 4.19. The number of nitrogens with one attached hydrogen (secondary N) is 2. The third kappa shape index (κ3) is 4.19. The second kappa shape index (κ2) is 8.56. The fraction of sp³-hybridized carbons (Fsp3) is 0.0690. The van der Waals surface area contributed by atoms with Gasteiger partial charge in [-0.3, -0.25) is 4.79 Å². The molecule has 0 spiro atoms. The second-order valence-electron chi connectivity index (χ2n) is 8.09. The number of aromatic nitrogens is 1. The number of rotatable bonds is 4. The molecule has 0 saturated carbocycles. The van der Waals surface area contributed by atoms with Crippen LogP contribution < -0.4 is 5.32 Å². The van der Waals surface area contributed by atoms with Crippen molar-refractivity contribution in [2.24, 2.45) is 0 Å². The van der Waals surface area contributed by atoms with Gasteiger partial charge in [0.25, 0.3) is 5.91 Å². The molecular formula is C29H24N2O. The van der Waals surface area contributed by atoms with E-state index in [-0.39, 0.29) is 5.91 Å². The van der Waals surface area contributed by atoms with E-state index in [1.807, 2.05) is 49.4 Å². The Kier molecular flexibility index (Phi) is 5.30. The van der Waals surface area contributed by atoms with Crippen molar-refractivity contribution < 1.29 is 4.79 Å². The Morgan fingerprint density at radius 3 is 2.50 bits per heavy atom. The summed E-state index contributed by atoms with van der Waals surface area (Å²) in [5.41, 5.74) is 8.39. The van der Waals surface area contributed by atoms with Gasteiger partial charge < -0.3 is 10.3 Å². The molecule has 0 bridgehead atoms.